The van der Waals surface area contributed by atoms with E-state index in [1.165, 1.54) is 17.5 Å². The van der Waals surface area contributed by atoms with Gasteiger partial charge in [0.2, 0.25) is 0 Å². The molecule has 0 radical (unpaired) electrons. The van der Waals surface area contributed by atoms with Crippen molar-refractivity contribution in [2.45, 2.75) is 32.6 Å². The molecule has 3 rings (SSSR count). The van der Waals surface area contributed by atoms with Crippen LogP contribution in [0.15, 0.2) is 45.5 Å². The highest BCUT2D eigenvalue weighted by molar-refractivity contribution is 9.10. The molecule has 0 saturated carbocycles. The predicted molar refractivity (Wildman–Crippen MR) is 94.5 cm³/mol. The molecule has 1 aromatic heterocycles. The Morgan fingerprint density at radius 3 is 2.48 bits per heavy atom. The number of halogens is 1. The summed E-state index contributed by atoms with van der Waals surface area (Å²) in [6.45, 7) is 3.78. The second kappa shape index (κ2) is 7.35. The number of carbonyl (C=O) groups excluding carboxylic acids is 1. The molecule has 1 aromatic carbocycles. The van der Waals surface area contributed by atoms with E-state index in [-0.39, 0.29) is 5.91 Å². The Morgan fingerprint density at radius 2 is 1.87 bits per heavy atom. The van der Waals surface area contributed by atoms with Crippen LogP contribution in [0.4, 0.5) is 0 Å². The van der Waals surface area contributed by atoms with E-state index in [1.54, 1.807) is 12.1 Å². The number of likely N-dealkylation sites (tertiary alicyclic amines) is 1. The van der Waals surface area contributed by atoms with Gasteiger partial charge in [0.25, 0.3) is 5.91 Å². The zero-order valence-electron chi connectivity index (χ0n) is 13.4. The quantitative estimate of drug-likeness (QED) is 0.766. The van der Waals surface area contributed by atoms with E-state index in [4.69, 9.17) is 4.42 Å². The summed E-state index contributed by atoms with van der Waals surface area (Å²) in [4.78, 5) is 14.3. The number of carbonyl (C=O) groups is 1. The van der Waals surface area contributed by atoms with Crippen LogP contribution in [0.5, 0.6) is 0 Å². The van der Waals surface area contributed by atoms with E-state index in [2.05, 4.69) is 47.1 Å². The van der Waals surface area contributed by atoms with Crippen molar-refractivity contribution in [3.8, 4) is 0 Å². The van der Waals surface area contributed by atoms with E-state index in [0.29, 0.717) is 16.3 Å². The molecule has 0 bridgehead atoms. The van der Waals surface area contributed by atoms with Crippen LogP contribution in [0, 0.1) is 12.8 Å². The third-order valence-electron chi connectivity index (χ3n) is 4.65. The molecule has 4 heteroatoms. The van der Waals surface area contributed by atoms with Gasteiger partial charge in [-0.05, 0) is 72.2 Å². The fourth-order valence-corrected chi connectivity index (χ4v) is 3.44. The van der Waals surface area contributed by atoms with E-state index in [1.807, 2.05) is 4.90 Å². The standard InChI is InChI=1S/C19H22BrNO2/c1-14-2-4-15(5-3-14)6-7-16-10-12-21(13-11-16)19(22)17-8-9-18(20)23-17/h2-5,8-9,16H,6-7,10-13H2,1H3. The number of hydrogen-bond donors (Lipinski definition) is 0. The average molecular weight is 376 g/mol. The van der Waals surface area contributed by atoms with Crippen molar-refractivity contribution >= 4 is 21.8 Å². The van der Waals surface area contributed by atoms with Crippen LogP contribution < -0.4 is 0 Å². The lowest BCUT2D eigenvalue weighted by Crippen LogP contribution is -2.38. The van der Waals surface area contributed by atoms with Crippen molar-refractivity contribution in [1.29, 1.82) is 0 Å². The number of rotatable bonds is 4. The number of benzene rings is 1. The van der Waals surface area contributed by atoms with Gasteiger partial charge in [-0.15, -0.1) is 0 Å². The minimum atomic E-state index is 0.00712. The normalized spacial score (nSPS) is 15.8. The fraction of sp³-hybridized carbons (Fsp3) is 0.421. The van der Waals surface area contributed by atoms with Crippen LogP contribution in [-0.2, 0) is 6.42 Å². The second-order valence-electron chi connectivity index (χ2n) is 6.36. The first kappa shape index (κ1) is 16.3. The van der Waals surface area contributed by atoms with E-state index >= 15 is 0 Å². The summed E-state index contributed by atoms with van der Waals surface area (Å²) in [7, 11) is 0. The number of nitrogens with zero attached hydrogens (tertiary/aromatic N) is 1. The summed E-state index contributed by atoms with van der Waals surface area (Å²) in [6, 6.07) is 12.3. The molecule has 1 aliphatic heterocycles. The fourth-order valence-electron chi connectivity index (χ4n) is 3.14. The Bertz CT molecular complexity index is 654. The van der Waals surface area contributed by atoms with Crippen LogP contribution in [0.3, 0.4) is 0 Å². The minimum Gasteiger partial charge on any atom is -0.444 e. The van der Waals surface area contributed by atoms with Gasteiger partial charge in [0.15, 0.2) is 10.4 Å². The van der Waals surface area contributed by atoms with E-state index in [9.17, 15) is 4.79 Å². The molecular weight excluding hydrogens is 354 g/mol. The molecule has 0 N–H and O–H groups in total. The van der Waals surface area contributed by atoms with Crippen molar-refractivity contribution in [1.82, 2.24) is 4.90 Å². The van der Waals surface area contributed by atoms with Gasteiger partial charge in [-0.25, -0.2) is 0 Å². The largest absolute Gasteiger partial charge is 0.444 e. The van der Waals surface area contributed by atoms with Gasteiger partial charge < -0.3 is 9.32 Å². The Labute approximate surface area is 145 Å². The van der Waals surface area contributed by atoms with Crippen molar-refractivity contribution in [2.75, 3.05) is 13.1 Å². The summed E-state index contributed by atoms with van der Waals surface area (Å²) >= 11 is 3.24. The Balaban J connectivity index is 1.46. The maximum absolute atomic E-state index is 12.3. The van der Waals surface area contributed by atoms with E-state index < -0.39 is 0 Å². The topological polar surface area (TPSA) is 33.5 Å². The first-order valence-electron chi connectivity index (χ1n) is 8.22. The lowest BCUT2D eigenvalue weighted by atomic mass is 9.90. The molecule has 1 saturated heterocycles. The van der Waals surface area contributed by atoms with Gasteiger partial charge >= 0.3 is 0 Å². The van der Waals surface area contributed by atoms with Crippen LogP contribution >= 0.6 is 15.9 Å². The van der Waals surface area contributed by atoms with E-state index in [0.717, 1.165) is 32.4 Å². The smallest absolute Gasteiger partial charge is 0.289 e. The molecule has 0 unspecified atom stereocenters. The molecule has 0 aliphatic carbocycles. The van der Waals surface area contributed by atoms with Gasteiger partial charge in [0, 0.05) is 13.1 Å². The second-order valence-corrected chi connectivity index (χ2v) is 7.15. The summed E-state index contributed by atoms with van der Waals surface area (Å²) < 4.78 is 5.97. The van der Waals surface area contributed by atoms with Gasteiger partial charge in [0.05, 0.1) is 0 Å². The van der Waals surface area contributed by atoms with Gasteiger partial charge in [-0.2, -0.15) is 0 Å². The Kier molecular flexibility index (Phi) is 5.21. The summed E-state index contributed by atoms with van der Waals surface area (Å²) in [5.41, 5.74) is 2.72. The third kappa shape index (κ3) is 4.25. The molecule has 0 atom stereocenters. The molecular formula is C19H22BrNO2. The van der Waals surface area contributed by atoms with Crippen LogP contribution in [-0.4, -0.2) is 23.9 Å². The molecule has 1 fully saturated rings. The van der Waals surface area contributed by atoms with Crippen molar-refractivity contribution < 1.29 is 9.21 Å². The maximum atomic E-state index is 12.3. The predicted octanol–water partition coefficient (Wildman–Crippen LogP) is 4.84. The Morgan fingerprint density at radius 1 is 1.17 bits per heavy atom. The maximum Gasteiger partial charge on any atom is 0.289 e. The number of hydrogen-bond acceptors (Lipinski definition) is 2. The molecule has 122 valence electrons. The lowest BCUT2D eigenvalue weighted by Gasteiger charge is -2.31. The number of aryl methyl sites for hydroxylation is 2. The highest BCUT2D eigenvalue weighted by Gasteiger charge is 2.25. The molecule has 2 heterocycles. The van der Waals surface area contributed by atoms with Crippen LogP contribution in [0.1, 0.15) is 40.9 Å². The first-order valence-corrected chi connectivity index (χ1v) is 9.01. The van der Waals surface area contributed by atoms with Crippen LogP contribution in [0.2, 0.25) is 0 Å². The molecule has 0 spiro atoms. The van der Waals surface area contributed by atoms with Gasteiger partial charge in [-0.3, -0.25) is 4.79 Å². The van der Waals surface area contributed by atoms with Gasteiger partial charge in [0.1, 0.15) is 0 Å². The zero-order valence-corrected chi connectivity index (χ0v) is 15.0. The minimum absolute atomic E-state index is 0.00712. The zero-order chi connectivity index (χ0) is 16.2. The molecule has 1 aliphatic rings. The summed E-state index contributed by atoms with van der Waals surface area (Å²) in [5, 5.41) is 0. The average Bonchev–Trinajstić information content (AvgIpc) is 3.01. The Hall–Kier alpha value is -1.55. The summed E-state index contributed by atoms with van der Waals surface area (Å²) in [5.74, 6) is 1.14. The first-order chi connectivity index (χ1) is 11.1. The van der Waals surface area contributed by atoms with Crippen LogP contribution in [0.25, 0.3) is 0 Å². The monoisotopic (exact) mass is 375 g/mol. The SMILES string of the molecule is Cc1ccc(CCC2CCN(C(=O)c3ccc(Br)o3)CC2)cc1. The lowest BCUT2D eigenvalue weighted by molar-refractivity contribution is 0.0653. The highest BCUT2D eigenvalue weighted by Crippen LogP contribution is 2.24. The van der Waals surface area contributed by atoms with Crippen molar-refractivity contribution in [2.24, 2.45) is 5.92 Å². The van der Waals surface area contributed by atoms with Crippen molar-refractivity contribution in [3.63, 3.8) is 0 Å². The number of furan rings is 1. The molecule has 2 aromatic rings. The third-order valence-corrected chi connectivity index (χ3v) is 5.07. The molecule has 3 nitrogen and oxygen atoms in total. The summed E-state index contributed by atoms with van der Waals surface area (Å²) in [6.07, 6.45) is 4.50. The number of piperidine rings is 1. The molecule has 23 heavy (non-hydrogen) atoms. The number of amides is 1. The molecule has 1 amide bonds. The van der Waals surface area contributed by atoms with Gasteiger partial charge in [-0.1, -0.05) is 29.8 Å². The highest BCUT2D eigenvalue weighted by atomic mass is 79.9. The van der Waals surface area contributed by atoms with Crippen molar-refractivity contribution in [3.05, 3.63) is 58.0 Å².